The molecule has 2 heteroatoms. The summed E-state index contributed by atoms with van der Waals surface area (Å²) in [7, 11) is 0. The van der Waals surface area contributed by atoms with Crippen LogP contribution in [0.25, 0.3) is 0 Å². The molecule has 1 saturated heterocycles. The van der Waals surface area contributed by atoms with E-state index >= 15 is 0 Å². The van der Waals surface area contributed by atoms with Crippen LogP contribution in [0.5, 0.6) is 0 Å². The highest BCUT2D eigenvalue weighted by atomic mass is 15.2. The first kappa shape index (κ1) is 13.0. The molecule has 0 aromatic rings. The molecular weight excluding hydrogens is 184 g/mol. The number of rotatable bonds is 4. The Morgan fingerprint density at radius 2 is 1.87 bits per heavy atom. The average Bonchev–Trinajstić information content (AvgIpc) is 2.16. The molecule has 1 rings (SSSR count). The number of nitrogens with two attached hydrogens (primary N) is 1. The molecule has 0 amide bonds. The molecule has 1 aliphatic heterocycles. The Labute approximate surface area is 95.2 Å². The highest BCUT2D eigenvalue weighted by molar-refractivity contribution is 4.88. The first-order valence-corrected chi connectivity index (χ1v) is 6.42. The van der Waals surface area contributed by atoms with Gasteiger partial charge in [-0.2, -0.15) is 0 Å². The minimum atomic E-state index is 0.0351. The molecule has 1 aliphatic rings. The molecule has 0 saturated carbocycles. The van der Waals surface area contributed by atoms with E-state index in [-0.39, 0.29) is 5.54 Å². The second-order valence-electron chi connectivity index (χ2n) is 6.05. The summed E-state index contributed by atoms with van der Waals surface area (Å²) in [6.07, 6.45) is 4.86. The van der Waals surface area contributed by atoms with Gasteiger partial charge in [-0.25, -0.2) is 0 Å². The van der Waals surface area contributed by atoms with Crippen molar-refractivity contribution >= 4 is 0 Å². The number of piperidine rings is 1. The van der Waals surface area contributed by atoms with Gasteiger partial charge in [-0.1, -0.05) is 27.7 Å². The van der Waals surface area contributed by atoms with Crippen LogP contribution in [0.15, 0.2) is 0 Å². The molecule has 0 aromatic carbocycles. The van der Waals surface area contributed by atoms with Gasteiger partial charge in [0, 0.05) is 18.6 Å². The minimum absolute atomic E-state index is 0.0351. The van der Waals surface area contributed by atoms with Crippen molar-refractivity contribution < 1.29 is 0 Å². The summed E-state index contributed by atoms with van der Waals surface area (Å²) >= 11 is 0. The number of nitrogens with zero attached hydrogens (tertiary/aromatic N) is 1. The van der Waals surface area contributed by atoms with Crippen LogP contribution < -0.4 is 5.73 Å². The lowest BCUT2D eigenvalue weighted by atomic mass is 9.83. The lowest BCUT2D eigenvalue weighted by molar-refractivity contribution is 0.0917. The topological polar surface area (TPSA) is 29.3 Å². The van der Waals surface area contributed by atoms with Gasteiger partial charge < -0.3 is 10.6 Å². The van der Waals surface area contributed by atoms with E-state index in [2.05, 4.69) is 32.6 Å². The Morgan fingerprint density at radius 3 is 2.33 bits per heavy atom. The Bertz CT molecular complexity index is 195. The van der Waals surface area contributed by atoms with E-state index in [1.165, 1.54) is 25.9 Å². The lowest BCUT2D eigenvalue weighted by Gasteiger charge is -2.42. The molecule has 0 spiro atoms. The average molecular weight is 212 g/mol. The summed E-state index contributed by atoms with van der Waals surface area (Å²) in [4.78, 5) is 2.57. The van der Waals surface area contributed by atoms with Crippen LogP contribution in [0.4, 0.5) is 0 Å². The largest absolute Gasteiger partial charge is 0.324 e. The van der Waals surface area contributed by atoms with Crippen LogP contribution in [-0.4, -0.2) is 30.1 Å². The van der Waals surface area contributed by atoms with Crippen molar-refractivity contribution in [3.05, 3.63) is 0 Å². The molecule has 0 atom stereocenters. The monoisotopic (exact) mass is 212 g/mol. The van der Waals surface area contributed by atoms with Crippen molar-refractivity contribution in [1.29, 1.82) is 0 Å². The van der Waals surface area contributed by atoms with Crippen molar-refractivity contribution in [1.82, 2.24) is 4.90 Å². The van der Waals surface area contributed by atoms with Crippen LogP contribution in [-0.2, 0) is 0 Å². The van der Waals surface area contributed by atoms with Crippen molar-refractivity contribution in [2.24, 2.45) is 11.1 Å². The maximum absolute atomic E-state index is 6.37. The third-order valence-electron chi connectivity index (χ3n) is 3.93. The molecule has 0 aromatic heterocycles. The van der Waals surface area contributed by atoms with Crippen molar-refractivity contribution in [3.8, 4) is 0 Å². The van der Waals surface area contributed by atoms with Crippen LogP contribution in [0.3, 0.4) is 0 Å². The first-order valence-electron chi connectivity index (χ1n) is 6.42. The normalized spacial score (nSPS) is 23.0. The molecule has 15 heavy (non-hydrogen) atoms. The van der Waals surface area contributed by atoms with E-state index < -0.39 is 0 Å². The summed E-state index contributed by atoms with van der Waals surface area (Å²) in [6, 6.07) is 0. The van der Waals surface area contributed by atoms with E-state index in [0.29, 0.717) is 5.41 Å². The Hall–Kier alpha value is -0.0800. The van der Waals surface area contributed by atoms with Gasteiger partial charge >= 0.3 is 0 Å². The zero-order valence-electron chi connectivity index (χ0n) is 11.0. The lowest BCUT2D eigenvalue weighted by Crippen LogP contribution is -2.52. The third-order valence-corrected chi connectivity index (χ3v) is 3.93. The van der Waals surface area contributed by atoms with Gasteiger partial charge in [0.25, 0.3) is 0 Å². The Kier molecular flexibility index (Phi) is 4.19. The maximum atomic E-state index is 6.37. The zero-order valence-corrected chi connectivity index (χ0v) is 11.0. The molecule has 1 fully saturated rings. The molecule has 2 nitrogen and oxygen atoms in total. The van der Waals surface area contributed by atoms with E-state index in [1.54, 1.807) is 0 Å². The summed E-state index contributed by atoms with van der Waals surface area (Å²) in [5.41, 5.74) is 6.90. The zero-order chi connectivity index (χ0) is 11.5. The van der Waals surface area contributed by atoms with Gasteiger partial charge in [-0.3, -0.25) is 0 Å². The Balaban J connectivity index is 2.51. The van der Waals surface area contributed by atoms with Crippen LogP contribution in [0.1, 0.15) is 53.4 Å². The van der Waals surface area contributed by atoms with Crippen LogP contribution in [0, 0.1) is 5.41 Å². The number of hydrogen-bond donors (Lipinski definition) is 1. The second-order valence-corrected chi connectivity index (χ2v) is 6.05. The second kappa shape index (κ2) is 4.84. The van der Waals surface area contributed by atoms with Crippen molar-refractivity contribution in [2.45, 2.75) is 58.9 Å². The molecule has 0 bridgehead atoms. The van der Waals surface area contributed by atoms with E-state index in [1.807, 2.05) is 0 Å². The van der Waals surface area contributed by atoms with Gasteiger partial charge in [0.15, 0.2) is 0 Å². The predicted octanol–water partition coefficient (Wildman–Crippen LogP) is 2.63. The molecule has 90 valence electrons. The van der Waals surface area contributed by atoms with Crippen LogP contribution >= 0.6 is 0 Å². The fourth-order valence-corrected chi connectivity index (χ4v) is 2.60. The molecule has 0 radical (unpaired) electrons. The predicted molar refractivity (Wildman–Crippen MR) is 67.0 cm³/mol. The van der Waals surface area contributed by atoms with E-state index in [0.717, 1.165) is 19.4 Å². The van der Waals surface area contributed by atoms with E-state index in [9.17, 15) is 0 Å². The molecule has 0 aliphatic carbocycles. The van der Waals surface area contributed by atoms with Gasteiger partial charge in [0.1, 0.15) is 0 Å². The molecule has 0 unspecified atom stereocenters. The van der Waals surface area contributed by atoms with E-state index in [4.69, 9.17) is 5.73 Å². The minimum Gasteiger partial charge on any atom is -0.324 e. The summed E-state index contributed by atoms with van der Waals surface area (Å²) < 4.78 is 0. The summed E-state index contributed by atoms with van der Waals surface area (Å²) in [5, 5.41) is 0. The molecule has 2 N–H and O–H groups in total. The number of likely N-dealkylation sites (tertiary alicyclic amines) is 1. The maximum Gasteiger partial charge on any atom is 0.0278 e. The Morgan fingerprint density at radius 1 is 1.27 bits per heavy atom. The van der Waals surface area contributed by atoms with Crippen LogP contribution in [0.2, 0.25) is 0 Å². The molecular formula is C13H28N2. The highest BCUT2D eigenvalue weighted by Crippen LogP contribution is 2.29. The SMILES string of the molecule is CCC(N)(CC)CN1CCCC(C)(C)C1. The summed E-state index contributed by atoms with van der Waals surface area (Å²) in [6.45, 7) is 12.7. The standard InChI is InChI=1S/C13H28N2/c1-5-13(14,6-2)11-15-9-7-8-12(3,4)10-15/h5-11,14H2,1-4H3. The fraction of sp³-hybridized carbons (Fsp3) is 1.00. The van der Waals surface area contributed by atoms with Gasteiger partial charge in [0.05, 0.1) is 0 Å². The molecule has 1 heterocycles. The third kappa shape index (κ3) is 3.76. The van der Waals surface area contributed by atoms with Gasteiger partial charge in [-0.15, -0.1) is 0 Å². The summed E-state index contributed by atoms with van der Waals surface area (Å²) in [5.74, 6) is 0. The smallest absolute Gasteiger partial charge is 0.0278 e. The first-order chi connectivity index (χ1) is 6.91. The van der Waals surface area contributed by atoms with Gasteiger partial charge in [0.2, 0.25) is 0 Å². The van der Waals surface area contributed by atoms with Crippen molar-refractivity contribution in [3.63, 3.8) is 0 Å². The highest BCUT2D eigenvalue weighted by Gasteiger charge is 2.30. The van der Waals surface area contributed by atoms with Crippen molar-refractivity contribution in [2.75, 3.05) is 19.6 Å². The van der Waals surface area contributed by atoms with Gasteiger partial charge in [-0.05, 0) is 37.6 Å². The fourth-order valence-electron chi connectivity index (χ4n) is 2.60. The number of hydrogen-bond acceptors (Lipinski definition) is 2. The quantitative estimate of drug-likeness (QED) is 0.776.